The zero-order valence-electron chi connectivity index (χ0n) is 13.2. The number of nitrogens with one attached hydrogen (secondary N) is 2. The van der Waals surface area contributed by atoms with E-state index >= 15 is 0 Å². The molecule has 122 valence electrons. The van der Waals surface area contributed by atoms with Gasteiger partial charge in [-0.1, -0.05) is 60.3 Å². The van der Waals surface area contributed by atoms with E-state index in [1.807, 2.05) is 36.4 Å². The van der Waals surface area contributed by atoms with Crippen LogP contribution in [0.4, 0.5) is 0 Å². The summed E-state index contributed by atoms with van der Waals surface area (Å²) in [6.07, 6.45) is 0. The first-order valence-electron chi connectivity index (χ1n) is 8.14. The quantitative estimate of drug-likeness (QED) is 0.886. The first-order chi connectivity index (χ1) is 11.8. The Hall–Kier alpha value is -2.11. The molecule has 2 aromatic rings. The van der Waals surface area contributed by atoms with E-state index in [1.54, 1.807) is 11.8 Å². The second-order valence-electron chi connectivity index (χ2n) is 6.15. The third kappa shape index (κ3) is 2.74. The molecule has 0 unspecified atom stereocenters. The summed E-state index contributed by atoms with van der Waals surface area (Å²) in [6.45, 7) is 2.59. The summed E-state index contributed by atoms with van der Waals surface area (Å²) in [5.41, 5.74) is 1.95. The maximum Gasteiger partial charge on any atom is 0.257 e. The second-order valence-corrected chi connectivity index (χ2v) is 7.47. The zero-order chi connectivity index (χ0) is 16.4. The summed E-state index contributed by atoms with van der Waals surface area (Å²) in [7, 11) is 0. The Morgan fingerprint density at radius 2 is 1.83 bits per heavy atom. The average Bonchev–Trinajstić information content (AvgIpc) is 3.07. The standard InChI is InChI=1S/C19H19N3OS/c23-17(14-7-3-1-4-8-14)22-18-21-12-16-11-20-13-19(16,24-18)15-9-5-2-6-10-15/h1-10,16,20H,11-13H2,(H,21,22,23)/t16-,19-/m1/s1. The van der Waals surface area contributed by atoms with Crippen molar-refractivity contribution in [2.24, 2.45) is 10.9 Å². The van der Waals surface area contributed by atoms with Crippen LogP contribution in [-0.2, 0) is 4.75 Å². The molecule has 1 saturated heterocycles. The SMILES string of the molecule is O=C(NC1=NC[C@H]2CNC[C@]2(c2ccccc2)S1)c1ccccc1. The van der Waals surface area contributed by atoms with Crippen LogP contribution in [0.15, 0.2) is 65.7 Å². The molecule has 24 heavy (non-hydrogen) atoms. The number of rotatable bonds is 2. The minimum Gasteiger partial charge on any atom is -0.315 e. The van der Waals surface area contributed by atoms with Crippen LogP contribution in [-0.4, -0.2) is 30.7 Å². The summed E-state index contributed by atoms with van der Waals surface area (Å²) >= 11 is 1.68. The molecule has 2 aliphatic heterocycles. The molecule has 4 rings (SSSR count). The number of thioether (sulfide) groups is 1. The van der Waals surface area contributed by atoms with E-state index in [4.69, 9.17) is 0 Å². The lowest BCUT2D eigenvalue weighted by molar-refractivity contribution is 0.0977. The van der Waals surface area contributed by atoms with Crippen molar-refractivity contribution in [3.05, 3.63) is 71.8 Å². The van der Waals surface area contributed by atoms with Crippen LogP contribution < -0.4 is 10.6 Å². The minimum atomic E-state index is -0.102. The molecule has 2 aromatic carbocycles. The Balaban J connectivity index is 1.58. The maximum atomic E-state index is 12.4. The summed E-state index contributed by atoms with van der Waals surface area (Å²) < 4.78 is -0.0533. The fraction of sp³-hybridized carbons (Fsp3) is 0.263. The van der Waals surface area contributed by atoms with Gasteiger partial charge in [0, 0.05) is 31.1 Å². The topological polar surface area (TPSA) is 53.5 Å². The van der Waals surface area contributed by atoms with Gasteiger partial charge in [-0.15, -0.1) is 0 Å². The molecule has 0 aromatic heterocycles. The van der Waals surface area contributed by atoms with Crippen molar-refractivity contribution < 1.29 is 4.79 Å². The minimum absolute atomic E-state index is 0.0533. The number of aliphatic imine (C=N–C) groups is 1. The lowest BCUT2D eigenvalue weighted by atomic mass is 9.87. The van der Waals surface area contributed by atoms with Gasteiger partial charge in [-0.05, 0) is 17.7 Å². The molecule has 5 heteroatoms. The van der Waals surface area contributed by atoms with Crippen molar-refractivity contribution in [3.8, 4) is 0 Å². The molecule has 2 atom stereocenters. The molecular formula is C19H19N3OS. The fourth-order valence-corrected chi connectivity index (χ4v) is 4.79. The number of nitrogens with zero attached hydrogens (tertiary/aromatic N) is 1. The van der Waals surface area contributed by atoms with Crippen molar-refractivity contribution in [2.75, 3.05) is 19.6 Å². The van der Waals surface area contributed by atoms with Crippen LogP contribution in [0.5, 0.6) is 0 Å². The smallest absolute Gasteiger partial charge is 0.257 e. The van der Waals surface area contributed by atoms with E-state index in [2.05, 4.69) is 39.9 Å². The average molecular weight is 337 g/mol. The van der Waals surface area contributed by atoms with Gasteiger partial charge in [0.15, 0.2) is 5.17 Å². The number of hydrogen-bond donors (Lipinski definition) is 2. The predicted octanol–water partition coefficient (Wildman–Crippen LogP) is 2.63. The number of carbonyl (C=O) groups excluding carboxylic acids is 1. The Bertz CT molecular complexity index is 763. The van der Waals surface area contributed by atoms with Crippen molar-refractivity contribution in [1.29, 1.82) is 0 Å². The second kappa shape index (κ2) is 6.42. The Labute approximate surface area is 145 Å². The third-order valence-electron chi connectivity index (χ3n) is 4.69. The highest BCUT2D eigenvalue weighted by molar-refractivity contribution is 8.14. The van der Waals surface area contributed by atoms with Gasteiger partial charge in [0.05, 0.1) is 4.75 Å². The van der Waals surface area contributed by atoms with E-state index in [1.165, 1.54) is 5.56 Å². The van der Waals surface area contributed by atoms with Crippen LogP contribution >= 0.6 is 11.8 Å². The molecule has 0 radical (unpaired) electrons. The first kappa shape index (κ1) is 15.4. The highest BCUT2D eigenvalue weighted by Gasteiger charge is 2.48. The van der Waals surface area contributed by atoms with Gasteiger partial charge in [-0.3, -0.25) is 9.79 Å². The number of amides is 1. The molecule has 2 aliphatic rings. The highest BCUT2D eigenvalue weighted by Crippen LogP contribution is 2.48. The highest BCUT2D eigenvalue weighted by atomic mass is 32.2. The third-order valence-corrected chi connectivity index (χ3v) is 6.19. The Morgan fingerprint density at radius 1 is 1.12 bits per heavy atom. The molecule has 2 N–H and O–H groups in total. The van der Waals surface area contributed by atoms with Gasteiger partial charge >= 0.3 is 0 Å². The molecule has 1 amide bonds. The Morgan fingerprint density at radius 3 is 2.58 bits per heavy atom. The van der Waals surface area contributed by atoms with Crippen LogP contribution in [0.2, 0.25) is 0 Å². The number of fused-ring (bicyclic) bond motifs is 1. The van der Waals surface area contributed by atoms with Crippen molar-refractivity contribution in [1.82, 2.24) is 10.6 Å². The summed E-state index contributed by atoms with van der Waals surface area (Å²) in [5, 5.41) is 7.21. The largest absolute Gasteiger partial charge is 0.315 e. The van der Waals surface area contributed by atoms with Crippen LogP contribution in [0, 0.1) is 5.92 Å². The molecule has 1 fully saturated rings. The van der Waals surface area contributed by atoms with Crippen LogP contribution in [0.1, 0.15) is 15.9 Å². The van der Waals surface area contributed by atoms with E-state index < -0.39 is 0 Å². The van der Waals surface area contributed by atoms with Crippen LogP contribution in [0.3, 0.4) is 0 Å². The molecule has 0 aliphatic carbocycles. The molecule has 0 saturated carbocycles. The monoisotopic (exact) mass is 337 g/mol. The number of amidine groups is 1. The predicted molar refractivity (Wildman–Crippen MR) is 98.3 cm³/mol. The van der Waals surface area contributed by atoms with Gasteiger partial charge in [-0.2, -0.15) is 0 Å². The van der Waals surface area contributed by atoms with Crippen LogP contribution in [0.25, 0.3) is 0 Å². The van der Waals surface area contributed by atoms with Gasteiger partial charge in [0.25, 0.3) is 5.91 Å². The van der Waals surface area contributed by atoms with Gasteiger partial charge in [0.1, 0.15) is 0 Å². The van der Waals surface area contributed by atoms with Gasteiger partial charge < -0.3 is 10.6 Å². The number of benzene rings is 2. The molecular weight excluding hydrogens is 318 g/mol. The van der Waals surface area contributed by atoms with Crippen molar-refractivity contribution in [3.63, 3.8) is 0 Å². The fourth-order valence-electron chi connectivity index (χ4n) is 3.41. The summed E-state index contributed by atoms with van der Waals surface area (Å²) in [6, 6.07) is 19.8. The summed E-state index contributed by atoms with van der Waals surface area (Å²) in [5.74, 6) is 0.344. The first-order valence-corrected chi connectivity index (χ1v) is 8.96. The maximum absolute atomic E-state index is 12.4. The van der Waals surface area contributed by atoms with E-state index in [0.717, 1.165) is 19.6 Å². The normalized spacial score (nSPS) is 25.7. The molecule has 0 spiro atoms. The van der Waals surface area contributed by atoms with E-state index in [9.17, 15) is 4.79 Å². The molecule has 0 bridgehead atoms. The Kier molecular flexibility index (Phi) is 4.12. The lowest BCUT2D eigenvalue weighted by Gasteiger charge is -2.37. The van der Waals surface area contributed by atoms with Crippen molar-refractivity contribution in [2.45, 2.75) is 4.75 Å². The number of carbonyl (C=O) groups is 1. The van der Waals surface area contributed by atoms with Crippen molar-refractivity contribution >= 4 is 22.8 Å². The zero-order valence-corrected chi connectivity index (χ0v) is 14.1. The molecule has 4 nitrogen and oxygen atoms in total. The molecule has 2 heterocycles. The summed E-state index contributed by atoms with van der Waals surface area (Å²) in [4.78, 5) is 17.0. The van der Waals surface area contributed by atoms with Gasteiger partial charge in [-0.25, -0.2) is 0 Å². The number of hydrogen-bond acceptors (Lipinski definition) is 4. The van der Waals surface area contributed by atoms with E-state index in [-0.39, 0.29) is 10.7 Å². The van der Waals surface area contributed by atoms with Gasteiger partial charge in [0.2, 0.25) is 0 Å². The van der Waals surface area contributed by atoms with E-state index in [0.29, 0.717) is 16.6 Å². The lowest BCUT2D eigenvalue weighted by Crippen LogP contribution is -2.42.